The molecule has 2 N–H and O–H groups in total. The summed E-state index contributed by atoms with van der Waals surface area (Å²) in [5.41, 5.74) is 7.21. The zero-order valence-corrected chi connectivity index (χ0v) is 15.8. The lowest BCUT2D eigenvalue weighted by atomic mass is 10.1. The van der Waals surface area contributed by atoms with Gasteiger partial charge in [0, 0.05) is 6.07 Å². The maximum Gasteiger partial charge on any atom is 0.284 e. The van der Waals surface area contributed by atoms with Crippen LogP contribution in [0.4, 0.5) is 11.5 Å². The normalized spacial score (nSPS) is 10.9. The number of nitrogen functional groups attached to an aromatic ring is 1. The molecule has 0 bridgehead atoms. The Hall–Kier alpha value is -3.95. The molecule has 0 unspecified atom stereocenters. The van der Waals surface area contributed by atoms with Gasteiger partial charge >= 0.3 is 0 Å². The van der Waals surface area contributed by atoms with Crippen molar-refractivity contribution in [2.75, 3.05) is 5.73 Å². The molecule has 0 atom stereocenters. The number of nitriles is 2. The molecular weight excluding hydrogens is 424 g/mol. The van der Waals surface area contributed by atoms with Gasteiger partial charge in [-0.05, 0) is 45.8 Å². The molecule has 0 aliphatic carbocycles. The fourth-order valence-corrected chi connectivity index (χ4v) is 2.97. The maximum atomic E-state index is 11.1. The third-order valence-corrected chi connectivity index (χ3v) is 4.56. The molecule has 0 amide bonds. The van der Waals surface area contributed by atoms with Crippen LogP contribution >= 0.6 is 15.9 Å². The third-order valence-electron chi connectivity index (χ3n) is 3.89. The predicted molar refractivity (Wildman–Crippen MR) is 107 cm³/mol. The van der Waals surface area contributed by atoms with Crippen LogP contribution in [0.5, 0.6) is 0 Å². The molecule has 1 heterocycles. The molecule has 136 valence electrons. The molecule has 1 aromatic heterocycles. The zero-order chi connectivity index (χ0) is 20.3. The minimum atomic E-state index is -0.531. The number of nitro benzene ring substituents is 1. The van der Waals surface area contributed by atoms with E-state index in [0.29, 0.717) is 15.7 Å². The number of hydrogen-bond donors (Lipinski definition) is 1. The minimum Gasteiger partial charge on any atom is -0.382 e. The first-order valence-corrected chi connectivity index (χ1v) is 8.65. The first-order chi connectivity index (χ1) is 13.5. The van der Waals surface area contributed by atoms with Crippen molar-refractivity contribution in [1.82, 2.24) is 9.78 Å². The zero-order valence-electron chi connectivity index (χ0n) is 14.2. The molecule has 0 aliphatic rings. The lowest BCUT2D eigenvalue weighted by molar-refractivity contribution is -0.385. The summed E-state index contributed by atoms with van der Waals surface area (Å²) in [5, 5.41) is 34.6. The van der Waals surface area contributed by atoms with Crippen LogP contribution < -0.4 is 5.73 Å². The lowest BCUT2D eigenvalue weighted by Crippen LogP contribution is -2.02. The van der Waals surface area contributed by atoms with Crippen LogP contribution in [0.25, 0.3) is 17.3 Å². The number of rotatable bonds is 4. The average molecular weight is 435 g/mol. The second kappa shape index (κ2) is 7.74. The lowest BCUT2D eigenvalue weighted by Gasteiger charge is -2.02. The smallest absolute Gasteiger partial charge is 0.284 e. The van der Waals surface area contributed by atoms with E-state index in [9.17, 15) is 20.6 Å². The van der Waals surface area contributed by atoms with Crippen molar-refractivity contribution in [3.8, 4) is 17.8 Å². The molecule has 8 nitrogen and oxygen atoms in total. The molecule has 0 radical (unpaired) electrons. The molecule has 0 saturated heterocycles. The van der Waals surface area contributed by atoms with E-state index in [2.05, 4.69) is 21.0 Å². The van der Waals surface area contributed by atoms with Crippen LogP contribution in [-0.4, -0.2) is 14.7 Å². The van der Waals surface area contributed by atoms with Gasteiger partial charge in [0.05, 0.1) is 20.7 Å². The Morgan fingerprint density at radius 3 is 2.57 bits per heavy atom. The van der Waals surface area contributed by atoms with Gasteiger partial charge in [0.2, 0.25) is 0 Å². The van der Waals surface area contributed by atoms with E-state index >= 15 is 0 Å². The topological polar surface area (TPSA) is 135 Å². The van der Waals surface area contributed by atoms with Crippen molar-refractivity contribution in [1.29, 1.82) is 10.5 Å². The van der Waals surface area contributed by atoms with Crippen molar-refractivity contribution in [3.05, 3.63) is 79.9 Å². The average Bonchev–Trinajstić information content (AvgIpc) is 3.03. The Kier molecular flexibility index (Phi) is 5.21. The maximum absolute atomic E-state index is 11.1. The van der Waals surface area contributed by atoms with Gasteiger partial charge in [-0.1, -0.05) is 24.3 Å². The van der Waals surface area contributed by atoms with Gasteiger partial charge in [-0.25, -0.2) is 4.68 Å². The van der Waals surface area contributed by atoms with Crippen LogP contribution in [0.15, 0.2) is 53.0 Å². The third kappa shape index (κ3) is 3.47. The Balaban J connectivity index is 2.15. The molecule has 0 spiro atoms. The van der Waals surface area contributed by atoms with Gasteiger partial charge in [-0.2, -0.15) is 15.6 Å². The summed E-state index contributed by atoms with van der Waals surface area (Å²) in [5.74, 6) is 0.103. The van der Waals surface area contributed by atoms with Gasteiger partial charge < -0.3 is 5.73 Å². The number of nitrogens with zero attached hydrogens (tertiary/aromatic N) is 5. The summed E-state index contributed by atoms with van der Waals surface area (Å²) in [6, 6.07) is 17.4. The van der Waals surface area contributed by atoms with E-state index in [4.69, 9.17) is 5.73 Å². The molecule has 3 aromatic rings. The molecule has 2 aromatic carbocycles. The number of halogens is 1. The molecule has 0 aliphatic heterocycles. The summed E-state index contributed by atoms with van der Waals surface area (Å²) in [7, 11) is 0. The van der Waals surface area contributed by atoms with E-state index in [1.54, 1.807) is 30.3 Å². The molecule has 0 saturated carbocycles. The summed E-state index contributed by atoms with van der Waals surface area (Å²) in [4.78, 5) is 10.6. The monoisotopic (exact) mass is 434 g/mol. The van der Waals surface area contributed by atoms with Gasteiger partial charge in [-0.3, -0.25) is 10.1 Å². The summed E-state index contributed by atoms with van der Waals surface area (Å²) < 4.78 is 1.70. The second-order valence-electron chi connectivity index (χ2n) is 5.61. The molecular formula is C19H11BrN6O2. The van der Waals surface area contributed by atoms with Crippen molar-refractivity contribution < 1.29 is 4.92 Å². The van der Waals surface area contributed by atoms with Gasteiger partial charge in [0.1, 0.15) is 29.2 Å². The first kappa shape index (κ1) is 18.8. The van der Waals surface area contributed by atoms with Crippen molar-refractivity contribution in [2.45, 2.75) is 0 Å². The van der Waals surface area contributed by atoms with Gasteiger partial charge in [0.25, 0.3) is 5.69 Å². The van der Waals surface area contributed by atoms with E-state index < -0.39 is 4.92 Å². The van der Waals surface area contributed by atoms with Gasteiger partial charge in [-0.15, -0.1) is 0 Å². The van der Waals surface area contributed by atoms with Gasteiger partial charge in [0.15, 0.2) is 0 Å². The molecule has 9 heteroatoms. The van der Waals surface area contributed by atoms with Crippen LogP contribution in [0, 0.1) is 32.8 Å². The Morgan fingerprint density at radius 2 is 1.96 bits per heavy atom. The summed E-state index contributed by atoms with van der Waals surface area (Å²) in [6.45, 7) is 0. The number of nitro groups is 1. The number of para-hydroxylation sites is 1. The first-order valence-electron chi connectivity index (χ1n) is 7.86. The van der Waals surface area contributed by atoms with Crippen molar-refractivity contribution in [2.24, 2.45) is 0 Å². The number of anilines is 1. The van der Waals surface area contributed by atoms with E-state index in [-0.39, 0.29) is 28.3 Å². The highest BCUT2D eigenvalue weighted by Gasteiger charge is 2.20. The van der Waals surface area contributed by atoms with Crippen molar-refractivity contribution in [3.63, 3.8) is 0 Å². The van der Waals surface area contributed by atoms with Crippen LogP contribution in [-0.2, 0) is 0 Å². The number of allylic oxidation sites excluding steroid dienone is 1. The Labute approximate surface area is 168 Å². The highest BCUT2D eigenvalue weighted by Crippen LogP contribution is 2.30. The van der Waals surface area contributed by atoms with E-state index in [0.717, 1.165) is 0 Å². The Bertz CT molecular complexity index is 1190. The number of nitrogens with two attached hydrogens (primary N) is 1. The predicted octanol–water partition coefficient (Wildman–Crippen LogP) is 4.06. The van der Waals surface area contributed by atoms with Crippen LogP contribution in [0.2, 0.25) is 0 Å². The second-order valence-corrected chi connectivity index (χ2v) is 6.46. The number of aromatic nitrogens is 2. The number of hydrogen-bond acceptors (Lipinski definition) is 6. The van der Waals surface area contributed by atoms with E-state index in [1.165, 1.54) is 22.9 Å². The quantitative estimate of drug-likeness (QED) is 0.373. The SMILES string of the molecule is N#CC(=Cc1ccc(Br)c([N+](=O)[O-])c1)c1nn(-c2ccccc2)c(N)c1C#N. The molecule has 0 fully saturated rings. The van der Waals surface area contributed by atoms with Crippen LogP contribution in [0.1, 0.15) is 16.8 Å². The fourth-order valence-electron chi connectivity index (χ4n) is 2.58. The minimum absolute atomic E-state index is 0.0586. The largest absolute Gasteiger partial charge is 0.382 e. The fraction of sp³-hybridized carbons (Fsp3) is 0. The Morgan fingerprint density at radius 1 is 1.25 bits per heavy atom. The summed E-state index contributed by atoms with van der Waals surface area (Å²) >= 11 is 3.12. The molecule has 28 heavy (non-hydrogen) atoms. The van der Waals surface area contributed by atoms with E-state index in [1.807, 2.05) is 18.2 Å². The number of benzene rings is 2. The van der Waals surface area contributed by atoms with Crippen LogP contribution in [0.3, 0.4) is 0 Å². The highest BCUT2D eigenvalue weighted by atomic mass is 79.9. The highest BCUT2D eigenvalue weighted by molar-refractivity contribution is 9.10. The standard InChI is InChI=1S/C19H11BrN6O2/c20-16-7-6-12(9-17(16)26(27)28)8-13(10-21)18-15(11-22)19(23)25(24-18)14-4-2-1-3-5-14/h1-9H,23H2. The molecule has 3 rings (SSSR count). The van der Waals surface area contributed by atoms with Crippen molar-refractivity contribution >= 4 is 39.1 Å². The summed E-state index contributed by atoms with van der Waals surface area (Å²) in [6.07, 6.45) is 1.43.